The van der Waals surface area contributed by atoms with Gasteiger partial charge in [-0.3, -0.25) is 9.59 Å². The van der Waals surface area contributed by atoms with Gasteiger partial charge in [0.25, 0.3) is 5.56 Å². The maximum absolute atomic E-state index is 15.4. The summed E-state index contributed by atoms with van der Waals surface area (Å²) in [6, 6.07) is 12.0. The van der Waals surface area contributed by atoms with Gasteiger partial charge in [0.2, 0.25) is 5.91 Å². The summed E-state index contributed by atoms with van der Waals surface area (Å²) < 4.78 is 15.4. The molecule has 2 saturated carbocycles. The lowest BCUT2D eigenvalue weighted by Crippen LogP contribution is -2.24. The minimum Gasteiger partial charge on any atom is -0.370 e. The van der Waals surface area contributed by atoms with Crippen molar-refractivity contribution in [3.05, 3.63) is 71.0 Å². The van der Waals surface area contributed by atoms with Crippen LogP contribution in [0.2, 0.25) is 0 Å². The summed E-state index contributed by atoms with van der Waals surface area (Å²) in [4.78, 5) is 39.8. The Kier molecular flexibility index (Phi) is 6.44. The van der Waals surface area contributed by atoms with Gasteiger partial charge in [-0.05, 0) is 80.0 Å². The molecule has 0 bridgehead atoms. The van der Waals surface area contributed by atoms with Gasteiger partial charge in [0.1, 0.15) is 11.6 Å². The number of benzene rings is 1. The number of nitrogens with zero attached hydrogens (tertiary/aromatic N) is 3. The second kappa shape index (κ2) is 10.3. The first kappa shape index (κ1) is 25.7. The van der Waals surface area contributed by atoms with Crippen LogP contribution >= 0.6 is 0 Å². The molecule has 3 N–H and O–H groups in total. The van der Waals surface area contributed by atoms with Crippen LogP contribution in [0.3, 0.4) is 0 Å². The summed E-state index contributed by atoms with van der Waals surface area (Å²) in [7, 11) is 0. The number of aromatic amines is 1. The molecule has 41 heavy (non-hydrogen) atoms. The standard InChI is InChI=1S/C32H33FN6O2/c33-24-16-21(36-30(40)20-4-2-1-3-5-20)6-8-23(24)26-17-27(29-25(37-26)10-14-34-31(29)41)38-28-9-7-22(18-35-28)39-15-13-32(19-39)11-12-32/h6-10,14,16-18,20H,1-5,11-13,15,19H2,(H,34,41)(H,36,40)(H,35,37,38). The Labute approximate surface area is 237 Å². The topological polar surface area (TPSA) is 103 Å². The van der Waals surface area contributed by atoms with E-state index in [1.165, 1.54) is 31.5 Å². The molecule has 2 aliphatic carbocycles. The van der Waals surface area contributed by atoms with Gasteiger partial charge in [0.05, 0.1) is 34.2 Å². The average molecular weight is 553 g/mol. The Balaban J connectivity index is 1.16. The normalized spacial score (nSPS) is 18.1. The van der Waals surface area contributed by atoms with Crippen LogP contribution in [-0.4, -0.2) is 33.9 Å². The van der Waals surface area contributed by atoms with Crippen molar-refractivity contribution >= 4 is 39.7 Å². The SMILES string of the molecule is O=C(Nc1ccc(-c2cc(Nc3ccc(N4CCC5(CC5)C4)cn3)c3c(=O)[nH]ccc3n2)c(F)c1)C1CCCCC1. The zero-order chi connectivity index (χ0) is 28.0. The molecule has 1 spiro atoms. The summed E-state index contributed by atoms with van der Waals surface area (Å²) in [5.41, 5.74) is 3.31. The average Bonchev–Trinajstić information content (AvgIpc) is 3.62. The van der Waals surface area contributed by atoms with E-state index < -0.39 is 5.82 Å². The van der Waals surface area contributed by atoms with Gasteiger partial charge in [-0.2, -0.15) is 0 Å². The molecule has 7 rings (SSSR count). The number of halogens is 1. The Hall–Kier alpha value is -4.27. The lowest BCUT2D eigenvalue weighted by Gasteiger charge is -2.20. The predicted octanol–water partition coefficient (Wildman–Crippen LogP) is 6.38. The quantitative estimate of drug-likeness (QED) is 0.257. The van der Waals surface area contributed by atoms with Gasteiger partial charge in [0.15, 0.2) is 0 Å². The number of carbonyl (C=O) groups excluding carboxylic acids is 1. The van der Waals surface area contributed by atoms with Gasteiger partial charge in [-0.15, -0.1) is 0 Å². The third-order valence-electron chi connectivity index (χ3n) is 8.99. The highest BCUT2D eigenvalue weighted by atomic mass is 19.1. The molecule has 1 aromatic carbocycles. The number of amides is 1. The van der Waals surface area contributed by atoms with Crippen LogP contribution in [0.15, 0.2) is 59.7 Å². The molecular formula is C32H33FN6O2. The number of nitrogens with one attached hydrogen (secondary N) is 3. The van der Waals surface area contributed by atoms with E-state index in [0.717, 1.165) is 50.9 Å². The Bertz CT molecular complexity index is 1670. The molecule has 1 saturated heterocycles. The number of pyridine rings is 3. The van der Waals surface area contributed by atoms with Crippen molar-refractivity contribution in [2.24, 2.45) is 11.3 Å². The first-order chi connectivity index (χ1) is 20.0. The van der Waals surface area contributed by atoms with Crippen molar-refractivity contribution < 1.29 is 9.18 Å². The monoisotopic (exact) mass is 552 g/mol. The van der Waals surface area contributed by atoms with Gasteiger partial charge < -0.3 is 20.5 Å². The fourth-order valence-corrected chi connectivity index (χ4v) is 6.36. The number of rotatable bonds is 6. The fraction of sp³-hybridized carbons (Fsp3) is 0.375. The first-order valence-corrected chi connectivity index (χ1v) is 14.6. The summed E-state index contributed by atoms with van der Waals surface area (Å²) in [5, 5.41) is 6.51. The van der Waals surface area contributed by atoms with E-state index in [4.69, 9.17) is 0 Å². The van der Waals surface area contributed by atoms with Crippen molar-refractivity contribution in [3.63, 3.8) is 0 Å². The van der Waals surface area contributed by atoms with E-state index in [-0.39, 0.29) is 22.9 Å². The number of hydrogen-bond donors (Lipinski definition) is 3. The third-order valence-corrected chi connectivity index (χ3v) is 8.99. The summed E-state index contributed by atoms with van der Waals surface area (Å²) in [6.07, 6.45) is 12.3. The summed E-state index contributed by atoms with van der Waals surface area (Å²) >= 11 is 0. The molecule has 4 heterocycles. The maximum Gasteiger partial charge on any atom is 0.259 e. The Morgan fingerprint density at radius 2 is 1.90 bits per heavy atom. The summed E-state index contributed by atoms with van der Waals surface area (Å²) in [6.45, 7) is 2.14. The van der Waals surface area contributed by atoms with Crippen LogP contribution in [0.4, 0.5) is 27.3 Å². The second-order valence-electron chi connectivity index (χ2n) is 11.8. The van der Waals surface area contributed by atoms with E-state index in [2.05, 4.69) is 30.5 Å². The van der Waals surface area contributed by atoms with Gasteiger partial charge in [-0.25, -0.2) is 14.4 Å². The van der Waals surface area contributed by atoms with Crippen LogP contribution in [-0.2, 0) is 4.79 Å². The zero-order valence-corrected chi connectivity index (χ0v) is 22.9. The molecule has 4 aromatic rings. The lowest BCUT2D eigenvalue weighted by molar-refractivity contribution is -0.120. The predicted molar refractivity (Wildman–Crippen MR) is 159 cm³/mol. The third kappa shape index (κ3) is 5.16. The second-order valence-corrected chi connectivity index (χ2v) is 11.8. The molecule has 1 aliphatic heterocycles. The smallest absolute Gasteiger partial charge is 0.259 e. The van der Waals surface area contributed by atoms with Gasteiger partial charge in [-0.1, -0.05) is 19.3 Å². The minimum atomic E-state index is -0.504. The highest BCUT2D eigenvalue weighted by Gasteiger charge is 2.47. The van der Waals surface area contributed by atoms with Crippen LogP contribution in [0.25, 0.3) is 22.2 Å². The molecule has 0 unspecified atom stereocenters. The molecule has 9 heteroatoms. The largest absolute Gasteiger partial charge is 0.370 e. The Morgan fingerprint density at radius 1 is 1.05 bits per heavy atom. The van der Waals surface area contributed by atoms with E-state index in [9.17, 15) is 9.59 Å². The van der Waals surface area contributed by atoms with Crippen molar-refractivity contribution in [1.29, 1.82) is 0 Å². The number of carbonyl (C=O) groups is 1. The van der Waals surface area contributed by atoms with Crippen LogP contribution in [0.1, 0.15) is 51.4 Å². The molecule has 210 valence electrons. The Morgan fingerprint density at radius 3 is 2.63 bits per heavy atom. The summed E-state index contributed by atoms with van der Waals surface area (Å²) in [5.74, 6) is 0.00237. The number of aromatic nitrogens is 3. The van der Waals surface area contributed by atoms with Crippen molar-refractivity contribution in [3.8, 4) is 11.3 Å². The van der Waals surface area contributed by atoms with Gasteiger partial charge in [0, 0.05) is 36.5 Å². The number of hydrogen-bond acceptors (Lipinski definition) is 6. The van der Waals surface area contributed by atoms with Crippen molar-refractivity contribution in [2.45, 2.75) is 51.4 Å². The molecule has 8 nitrogen and oxygen atoms in total. The van der Waals surface area contributed by atoms with E-state index in [0.29, 0.717) is 39.2 Å². The van der Waals surface area contributed by atoms with Gasteiger partial charge >= 0.3 is 0 Å². The zero-order valence-electron chi connectivity index (χ0n) is 22.9. The molecular weight excluding hydrogens is 519 g/mol. The highest BCUT2D eigenvalue weighted by Crippen LogP contribution is 2.53. The molecule has 0 radical (unpaired) electrons. The van der Waals surface area contributed by atoms with E-state index in [1.807, 2.05) is 18.3 Å². The highest BCUT2D eigenvalue weighted by molar-refractivity contribution is 5.95. The minimum absolute atomic E-state index is 0.0202. The molecule has 3 aliphatic rings. The number of H-pyrrole nitrogens is 1. The maximum atomic E-state index is 15.4. The molecule has 3 aromatic heterocycles. The van der Waals surface area contributed by atoms with Crippen LogP contribution < -0.4 is 21.1 Å². The fourth-order valence-electron chi connectivity index (χ4n) is 6.36. The van der Waals surface area contributed by atoms with Crippen LogP contribution in [0.5, 0.6) is 0 Å². The molecule has 1 amide bonds. The molecule has 0 atom stereocenters. The lowest BCUT2D eigenvalue weighted by atomic mass is 9.88. The van der Waals surface area contributed by atoms with Crippen molar-refractivity contribution in [2.75, 3.05) is 28.6 Å². The van der Waals surface area contributed by atoms with E-state index >= 15 is 4.39 Å². The number of fused-ring (bicyclic) bond motifs is 1. The first-order valence-electron chi connectivity index (χ1n) is 14.6. The van der Waals surface area contributed by atoms with Crippen LogP contribution in [0, 0.1) is 17.2 Å². The van der Waals surface area contributed by atoms with Crippen molar-refractivity contribution in [1.82, 2.24) is 15.0 Å². The van der Waals surface area contributed by atoms with E-state index in [1.54, 1.807) is 24.3 Å². The molecule has 3 fully saturated rings. The number of anilines is 4.